The highest BCUT2D eigenvalue weighted by atomic mass is 32.2. The van der Waals surface area contributed by atoms with Gasteiger partial charge in [-0.15, -0.1) is 0 Å². The molecule has 1 aromatic carbocycles. The van der Waals surface area contributed by atoms with Crippen molar-refractivity contribution in [3.8, 4) is 11.4 Å². The Labute approximate surface area is 220 Å². The molecule has 10 heteroatoms. The number of piperidine rings is 1. The van der Waals surface area contributed by atoms with Crippen LogP contribution >= 0.6 is 0 Å². The van der Waals surface area contributed by atoms with Crippen molar-refractivity contribution in [1.82, 2.24) is 20.3 Å². The lowest BCUT2D eigenvalue weighted by Crippen LogP contribution is -2.27. The van der Waals surface area contributed by atoms with Gasteiger partial charge in [0.2, 0.25) is 0 Å². The van der Waals surface area contributed by atoms with E-state index in [9.17, 15) is 18.3 Å². The molecule has 1 saturated carbocycles. The fourth-order valence-corrected chi connectivity index (χ4v) is 6.08. The van der Waals surface area contributed by atoms with Gasteiger partial charge in [-0.25, -0.2) is 18.4 Å². The van der Waals surface area contributed by atoms with Crippen LogP contribution in [0.15, 0.2) is 65.7 Å². The van der Waals surface area contributed by atoms with Gasteiger partial charge in [0.15, 0.2) is 9.84 Å². The van der Waals surface area contributed by atoms with Crippen molar-refractivity contribution in [2.75, 3.05) is 24.2 Å². The van der Waals surface area contributed by atoms with Crippen LogP contribution in [0, 0.1) is 12.8 Å². The van der Waals surface area contributed by atoms with E-state index in [1.165, 1.54) is 6.07 Å². The molecule has 38 heavy (non-hydrogen) atoms. The summed E-state index contributed by atoms with van der Waals surface area (Å²) < 4.78 is 24.0. The van der Waals surface area contributed by atoms with Gasteiger partial charge < -0.3 is 15.3 Å². The van der Waals surface area contributed by atoms with Gasteiger partial charge in [0.1, 0.15) is 5.82 Å². The van der Waals surface area contributed by atoms with Crippen LogP contribution in [0.4, 0.5) is 5.82 Å². The van der Waals surface area contributed by atoms with E-state index in [0.717, 1.165) is 47.3 Å². The second-order valence-corrected chi connectivity index (χ2v) is 12.3. The molecule has 1 saturated heterocycles. The third kappa shape index (κ3) is 4.61. The summed E-state index contributed by atoms with van der Waals surface area (Å²) in [5.41, 5.74) is 3.12. The highest BCUT2D eigenvalue weighted by Gasteiger charge is 2.59. The number of benzene rings is 1. The third-order valence-corrected chi connectivity index (χ3v) is 8.57. The maximum absolute atomic E-state index is 12.7. The van der Waals surface area contributed by atoms with Crippen molar-refractivity contribution in [1.29, 1.82) is 0 Å². The Morgan fingerprint density at radius 3 is 2.71 bits per heavy atom. The number of aryl methyl sites for hydroxylation is 1. The molecule has 2 fully saturated rings. The van der Waals surface area contributed by atoms with Gasteiger partial charge in [0.25, 0.3) is 5.91 Å². The molecule has 4 heterocycles. The first-order valence-corrected chi connectivity index (χ1v) is 14.3. The molecule has 0 radical (unpaired) electrons. The number of fused-ring (bicyclic) bond motifs is 2. The maximum atomic E-state index is 12.7. The van der Waals surface area contributed by atoms with Crippen LogP contribution in [0.1, 0.15) is 28.0 Å². The number of anilines is 1. The molecule has 0 bridgehead atoms. The van der Waals surface area contributed by atoms with Crippen LogP contribution < -0.4 is 10.2 Å². The van der Waals surface area contributed by atoms with Gasteiger partial charge in [-0.3, -0.25) is 9.78 Å². The number of β-amino-alcohol motifs (C(OH)–C–C–N with tert-alkyl or cyclic N) is 1. The number of hydrogen-bond donors (Lipinski definition) is 2. The second kappa shape index (κ2) is 8.85. The zero-order chi connectivity index (χ0) is 26.7. The molecule has 0 spiro atoms. The Kier molecular flexibility index (Phi) is 5.69. The molecule has 1 amide bonds. The summed E-state index contributed by atoms with van der Waals surface area (Å²) in [4.78, 5) is 29.0. The number of aliphatic hydroxyl groups is 1. The van der Waals surface area contributed by atoms with E-state index >= 15 is 0 Å². The molecule has 2 N–H and O–H groups in total. The van der Waals surface area contributed by atoms with Gasteiger partial charge in [0, 0.05) is 42.4 Å². The van der Waals surface area contributed by atoms with Gasteiger partial charge in [-0.05, 0) is 61.4 Å². The molecule has 2 aliphatic rings. The van der Waals surface area contributed by atoms with E-state index in [1.54, 1.807) is 25.3 Å². The molecule has 1 aliphatic heterocycles. The molecule has 0 unspecified atom stereocenters. The highest BCUT2D eigenvalue weighted by Crippen LogP contribution is 2.50. The topological polar surface area (TPSA) is 125 Å². The standard InChI is InChI=1S/C28H27N5O4S/c1-17-6-7-18(10-25(17)38(2,36)37)27(34)30-14-21-11-24-19(13-29-21)8-9-23(31-24)22-4-3-5-26(32-22)33-15-20-12-28(20,35)16-33/h3-11,13,20,35H,12,14-16H2,1-2H3,(H,30,34)/t20-,28-/m1/s1. The first-order valence-electron chi connectivity index (χ1n) is 12.4. The van der Waals surface area contributed by atoms with Crippen LogP contribution in [0.5, 0.6) is 0 Å². The summed E-state index contributed by atoms with van der Waals surface area (Å²) in [5, 5.41) is 14.1. The predicted octanol–water partition coefficient (Wildman–Crippen LogP) is 2.90. The van der Waals surface area contributed by atoms with Crippen LogP contribution in [-0.4, -0.2) is 59.3 Å². The number of nitrogens with zero attached hydrogens (tertiary/aromatic N) is 4. The summed E-state index contributed by atoms with van der Waals surface area (Å²) >= 11 is 0. The van der Waals surface area contributed by atoms with Crippen molar-refractivity contribution >= 4 is 32.5 Å². The van der Waals surface area contributed by atoms with Crippen LogP contribution in [0.2, 0.25) is 0 Å². The third-order valence-electron chi connectivity index (χ3n) is 7.34. The number of pyridine rings is 3. The normalized spacial score (nSPS) is 20.4. The van der Waals surface area contributed by atoms with Crippen molar-refractivity contribution in [2.24, 2.45) is 5.92 Å². The van der Waals surface area contributed by atoms with Crippen molar-refractivity contribution < 1.29 is 18.3 Å². The predicted molar refractivity (Wildman–Crippen MR) is 143 cm³/mol. The fraction of sp³-hybridized carbons (Fsp3) is 0.286. The Morgan fingerprint density at radius 1 is 1.13 bits per heavy atom. The average molecular weight is 530 g/mol. The number of carbonyl (C=O) groups excluding carboxylic acids is 1. The number of carbonyl (C=O) groups is 1. The Morgan fingerprint density at radius 2 is 1.95 bits per heavy atom. The number of aromatic nitrogens is 3. The monoisotopic (exact) mass is 529 g/mol. The molecule has 1 aliphatic carbocycles. The maximum Gasteiger partial charge on any atom is 0.251 e. The van der Waals surface area contributed by atoms with Gasteiger partial charge in [-0.1, -0.05) is 12.1 Å². The first kappa shape index (κ1) is 24.4. The van der Waals surface area contributed by atoms with E-state index in [0.29, 0.717) is 23.7 Å². The van der Waals surface area contributed by atoms with E-state index in [-0.39, 0.29) is 22.9 Å². The second-order valence-electron chi connectivity index (χ2n) is 10.3. The van der Waals surface area contributed by atoms with Crippen LogP contribution in [0.25, 0.3) is 22.3 Å². The molecule has 194 valence electrons. The fourth-order valence-electron chi connectivity index (χ4n) is 5.08. The minimum atomic E-state index is -3.44. The zero-order valence-corrected chi connectivity index (χ0v) is 21.9. The minimum Gasteiger partial charge on any atom is -0.388 e. The van der Waals surface area contributed by atoms with E-state index in [1.807, 2.05) is 36.4 Å². The van der Waals surface area contributed by atoms with Crippen molar-refractivity contribution in [3.05, 3.63) is 77.6 Å². The number of sulfone groups is 1. The molecular weight excluding hydrogens is 502 g/mol. The van der Waals surface area contributed by atoms with Crippen molar-refractivity contribution in [2.45, 2.75) is 30.4 Å². The summed E-state index contributed by atoms with van der Waals surface area (Å²) in [7, 11) is -3.44. The summed E-state index contributed by atoms with van der Waals surface area (Å²) in [6.07, 6.45) is 3.71. The van der Waals surface area contributed by atoms with Crippen LogP contribution in [-0.2, 0) is 16.4 Å². The lowest BCUT2D eigenvalue weighted by Gasteiger charge is -2.20. The largest absolute Gasteiger partial charge is 0.388 e. The highest BCUT2D eigenvalue weighted by molar-refractivity contribution is 7.90. The van der Waals surface area contributed by atoms with Gasteiger partial charge >= 0.3 is 0 Å². The Bertz CT molecular complexity index is 1710. The lowest BCUT2D eigenvalue weighted by atomic mass is 10.1. The zero-order valence-electron chi connectivity index (χ0n) is 21.0. The van der Waals surface area contributed by atoms with Crippen LogP contribution in [0.3, 0.4) is 0 Å². The SMILES string of the molecule is Cc1ccc(C(=O)NCc2cc3nc(-c4cccc(N5C[C@H]6C[C@@]6(O)C5)n4)ccc3cn2)cc1S(C)(=O)=O. The number of hydrogen-bond acceptors (Lipinski definition) is 8. The molecule has 9 nitrogen and oxygen atoms in total. The quantitative estimate of drug-likeness (QED) is 0.391. The van der Waals surface area contributed by atoms with E-state index in [2.05, 4.69) is 15.2 Å². The number of amides is 1. The van der Waals surface area contributed by atoms with E-state index < -0.39 is 15.4 Å². The average Bonchev–Trinajstić information content (AvgIpc) is 3.41. The van der Waals surface area contributed by atoms with E-state index in [4.69, 9.17) is 9.97 Å². The van der Waals surface area contributed by atoms with Gasteiger partial charge in [0.05, 0.1) is 39.6 Å². The number of nitrogens with one attached hydrogen (secondary N) is 1. The lowest BCUT2D eigenvalue weighted by molar-refractivity contribution is 0.0950. The van der Waals surface area contributed by atoms with Crippen molar-refractivity contribution in [3.63, 3.8) is 0 Å². The Hall–Kier alpha value is -3.89. The Balaban J connectivity index is 1.20. The summed E-state index contributed by atoms with van der Waals surface area (Å²) in [6, 6.07) is 16.1. The summed E-state index contributed by atoms with van der Waals surface area (Å²) in [6.45, 7) is 3.29. The first-order chi connectivity index (χ1) is 18.1. The minimum absolute atomic E-state index is 0.140. The molecule has 3 aromatic heterocycles. The molecule has 4 aromatic rings. The number of rotatable bonds is 6. The molecule has 2 atom stereocenters. The summed E-state index contributed by atoms with van der Waals surface area (Å²) in [5.74, 6) is 0.785. The molecular formula is C28H27N5O4S. The van der Waals surface area contributed by atoms with Gasteiger partial charge in [-0.2, -0.15) is 0 Å². The molecule has 6 rings (SSSR count). The smallest absolute Gasteiger partial charge is 0.251 e.